The van der Waals surface area contributed by atoms with Gasteiger partial charge in [0.1, 0.15) is 11.5 Å². The summed E-state index contributed by atoms with van der Waals surface area (Å²) >= 11 is 1.56. The first kappa shape index (κ1) is 12.1. The average Bonchev–Trinajstić information content (AvgIpc) is 2.18. The van der Waals surface area contributed by atoms with E-state index in [4.69, 9.17) is 4.74 Å². The molecule has 1 aromatic carbocycles. The fourth-order valence-electron chi connectivity index (χ4n) is 1.47. The number of methoxy groups -OCH3 is 1. The zero-order valence-electron chi connectivity index (χ0n) is 9.37. The second kappa shape index (κ2) is 5.81. The predicted molar refractivity (Wildman–Crippen MR) is 64.8 cm³/mol. The van der Waals surface area contributed by atoms with Crippen molar-refractivity contribution in [2.24, 2.45) is 0 Å². The van der Waals surface area contributed by atoms with Gasteiger partial charge in [-0.3, -0.25) is 4.79 Å². The quantitative estimate of drug-likeness (QED) is 0.768. The molecule has 0 bridgehead atoms. The van der Waals surface area contributed by atoms with E-state index in [1.165, 1.54) is 0 Å². The predicted octanol–water partition coefficient (Wildman–Crippen LogP) is 2.48. The molecule has 0 spiro atoms. The van der Waals surface area contributed by atoms with Gasteiger partial charge in [0.2, 0.25) is 0 Å². The van der Waals surface area contributed by atoms with Gasteiger partial charge in [-0.25, -0.2) is 0 Å². The molecule has 82 valence electrons. The summed E-state index contributed by atoms with van der Waals surface area (Å²) in [5.41, 5.74) is 2.14. The van der Waals surface area contributed by atoms with Crippen LogP contribution < -0.4 is 4.74 Å². The summed E-state index contributed by atoms with van der Waals surface area (Å²) in [6.45, 7) is 2.02. The second-order valence-electron chi connectivity index (χ2n) is 3.46. The monoisotopic (exact) mass is 224 g/mol. The molecule has 0 saturated carbocycles. The van der Waals surface area contributed by atoms with Crippen LogP contribution >= 0.6 is 11.8 Å². The van der Waals surface area contributed by atoms with Crippen LogP contribution in [0.5, 0.6) is 5.75 Å². The largest absolute Gasteiger partial charge is 0.496 e. The van der Waals surface area contributed by atoms with E-state index in [9.17, 15) is 4.79 Å². The van der Waals surface area contributed by atoms with E-state index < -0.39 is 0 Å². The van der Waals surface area contributed by atoms with Crippen LogP contribution in [0.3, 0.4) is 0 Å². The van der Waals surface area contributed by atoms with Gasteiger partial charge in [0.25, 0.3) is 0 Å². The molecule has 1 aromatic rings. The van der Waals surface area contributed by atoms with E-state index in [1.807, 2.05) is 31.4 Å². The first-order valence-electron chi connectivity index (χ1n) is 4.81. The van der Waals surface area contributed by atoms with Gasteiger partial charge in [-0.2, -0.15) is 11.8 Å². The van der Waals surface area contributed by atoms with Crippen molar-refractivity contribution in [1.82, 2.24) is 0 Å². The number of Topliss-reactive ketones (excluding diaryl/α,β-unsaturated/α-hetero) is 1. The molecule has 0 unspecified atom stereocenters. The maximum atomic E-state index is 11.5. The van der Waals surface area contributed by atoms with Gasteiger partial charge in [0.15, 0.2) is 0 Å². The summed E-state index contributed by atoms with van der Waals surface area (Å²) in [4.78, 5) is 11.5. The molecule has 0 heterocycles. The van der Waals surface area contributed by atoms with Crippen LogP contribution in [0.25, 0.3) is 0 Å². The standard InChI is InChI=1S/C12H16O2S/c1-9-4-5-12(14-2)10(6-9)7-11(13)8-15-3/h4-6H,7-8H2,1-3H3. The first-order chi connectivity index (χ1) is 7.17. The molecule has 0 aliphatic rings. The molecule has 0 amide bonds. The molecule has 0 fully saturated rings. The number of carbonyl (C=O) groups excluding carboxylic acids is 1. The normalized spacial score (nSPS) is 10.1. The van der Waals surface area contributed by atoms with E-state index >= 15 is 0 Å². The number of aryl methyl sites for hydroxylation is 1. The third kappa shape index (κ3) is 3.59. The van der Waals surface area contributed by atoms with E-state index in [-0.39, 0.29) is 5.78 Å². The topological polar surface area (TPSA) is 26.3 Å². The number of ether oxygens (including phenoxy) is 1. The molecule has 1 rings (SSSR count). The fraction of sp³-hybridized carbons (Fsp3) is 0.417. The number of carbonyl (C=O) groups is 1. The van der Waals surface area contributed by atoms with Crippen molar-refractivity contribution >= 4 is 17.5 Å². The third-order valence-corrected chi connectivity index (χ3v) is 2.74. The van der Waals surface area contributed by atoms with Crippen LogP contribution in [0, 0.1) is 6.92 Å². The lowest BCUT2D eigenvalue weighted by atomic mass is 10.1. The zero-order chi connectivity index (χ0) is 11.3. The number of benzene rings is 1. The Labute approximate surface area is 95.0 Å². The molecule has 0 saturated heterocycles. The highest BCUT2D eigenvalue weighted by Crippen LogP contribution is 2.20. The van der Waals surface area contributed by atoms with Gasteiger partial charge in [-0.15, -0.1) is 0 Å². The van der Waals surface area contributed by atoms with Gasteiger partial charge in [0.05, 0.1) is 12.9 Å². The Balaban J connectivity index is 2.82. The molecule has 0 radical (unpaired) electrons. The maximum Gasteiger partial charge on any atom is 0.147 e. The SMILES string of the molecule is COc1ccc(C)cc1CC(=O)CSC. The Morgan fingerprint density at radius 3 is 2.80 bits per heavy atom. The van der Waals surface area contributed by atoms with Crippen LogP contribution in [-0.2, 0) is 11.2 Å². The summed E-state index contributed by atoms with van der Waals surface area (Å²) in [5, 5.41) is 0. The average molecular weight is 224 g/mol. The number of thioether (sulfide) groups is 1. The Morgan fingerprint density at radius 2 is 2.20 bits per heavy atom. The van der Waals surface area contributed by atoms with E-state index in [2.05, 4.69) is 0 Å². The Morgan fingerprint density at radius 1 is 1.47 bits per heavy atom. The van der Waals surface area contributed by atoms with Crippen molar-refractivity contribution in [3.63, 3.8) is 0 Å². The molecule has 0 aliphatic carbocycles. The highest BCUT2D eigenvalue weighted by atomic mass is 32.2. The summed E-state index contributed by atoms with van der Waals surface area (Å²) in [7, 11) is 1.63. The zero-order valence-corrected chi connectivity index (χ0v) is 10.2. The molecule has 3 heteroatoms. The Bertz CT molecular complexity index is 347. The Hall–Kier alpha value is -0.960. The highest BCUT2D eigenvalue weighted by molar-refractivity contribution is 7.99. The Kier molecular flexibility index (Phi) is 4.69. The molecule has 0 aromatic heterocycles. The van der Waals surface area contributed by atoms with E-state index in [0.29, 0.717) is 12.2 Å². The van der Waals surface area contributed by atoms with Gasteiger partial charge in [-0.05, 0) is 19.2 Å². The minimum Gasteiger partial charge on any atom is -0.496 e. The smallest absolute Gasteiger partial charge is 0.147 e. The highest BCUT2D eigenvalue weighted by Gasteiger charge is 2.08. The molecular formula is C12H16O2S. The molecule has 2 nitrogen and oxygen atoms in total. The van der Waals surface area contributed by atoms with Crippen LogP contribution in [-0.4, -0.2) is 24.9 Å². The number of hydrogen-bond acceptors (Lipinski definition) is 3. The number of rotatable bonds is 5. The minimum atomic E-state index is 0.242. The van der Waals surface area contributed by atoms with Crippen molar-refractivity contribution in [1.29, 1.82) is 0 Å². The molecule has 0 aliphatic heterocycles. The second-order valence-corrected chi connectivity index (χ2v) is 4.33. The summed E-state index contributed by atoms with van der Waals surface area (Å²) in [6, 6.07) is 5.91. The van der Waals surface area contributed by atoms with Crippen molar-refractivity contribution < 1.29 is 9.53 Å². The fourth-order valence-corrected chi connectivity index (χ4v) is 1.89. The minimum absolute atomic E-state index is 0.242. The van der Waals surface area contributed by atoms with Crippen molar-refractivity contribution in [2.75, 3.05) is 19.1 Å². The summed E-state index contributed by atoms with van der Waals surface area (Å²) in [6.07, 6.45) is 2.40. The molecule has 15 heavy (non-hydrogen) atoms. The molecule has 0 N–H and O–H groups in total. The van der Waals surface area contributed by atoms with Gasteiger partial charge in [-0.1, -0.05) is 17.7 Å². The van der Waals surface area contributed by atoms with Crippen LogP contribution in [0.15, 0.2) is 18.2 Å². The summed E-state index contributed by atoms with van der Waals surface area (Å²) < 4.78 is 5.22. The lowest BCUT2D eigenvalue weighted by Crippen LogP contribution is -2.06. The van der Waals surface area contributed by atoms with Gasteiger partial charge >= 0.3 is 0 Å². The van der Waals surface area contributed by atoms with Crippen molar-refractivity contribution in [2.45, 2.75) is 13.3 Å². The first-order valence-corrected chi connectivity index (χ1v) is 6.21. The van der Waals surface area contributed by atoms with Crippen LogP contribution in [0.4, 0.5) is 0 Å². The van der Waals surface area contributed by atoms with Crippen molar-refractivity contribution in [3.05, 3.63) is 29.3 Å². The molecule has 0 atom stereocenters. The van der Waals surface area contributed by atoms with Gasteiger partial charge in [0, 0.05) is 12.0 Å². The number of ketones is 1. The number of hydrogen-bond donors (Lipinski definition) is 0. The van der Waals surface area contributed by atoms with E-state index in [1.54, 1.807) is 18.9 Å². The van der Waals surface area contributed by atoms with Crippen LogP contribution in [0.2, 0.25) is 0 Å². The molecular weight excluding hydrogens is 208 g/mol. The van der Waals surface area contributed by atoms with E-state index in [0.717, 1.165) is 16.9 Å². The lowest BCUT2D eigenvalue weighted by Gasteiger charge is -2.08. The van der Waals surface area contributed by atoms with Crippen LogP contribution in [0.1, 0.15) is 11.1 Å². The van der Waals surface area contributed by atoms with Crippen molar-refractivity contribution in [3.8, 4) is 5.75 Å². The summed E-state index contributed by atoms with van der Waals surface area (Å²) in [5.74, 6) is 1.61. The maximum absolute atomic E-state index is 11.5. The third-order valence-electron chi connectivity index (χ3n) is 2.13. The lowest BCUT2D eigenvalue weighted by molar-refractivity contribution is -0.116. The van der Waals surface area contributed by atoms with Gasteiger partial charge < -0.3 is 4.74 Å².